The van der Waals surface area contributed by atoms with Crippen molar-refractivity contribution in [3.05, 3.63) is 46.3 Å². The van der Waals surface area contributed by atoms with E-state index in [0.717, 1.165) is 40.3 Å². The molecule has 0 fully saturated rings. The van der Waals surface area contributed by atoms with E-state index < -0.39 is 0 Å². The molecule has 2 aromatic carbocycles. The Morgan fingerprint density at radius 2 is 0.960 bits per heavy atom. The fourth-order valence-corrected chi connectivity index (χ4v) is 6.99. The summed E-state index contributed by atoms with van der Waals surface area (Å²) in [5.74, 6) is 1.39. The highest BCUT2D eigenvalue weighted by atomic mass is 79.9. The molecule has 0 bridgehead atoms. The van der Waals surface area contributed by atoms with Gasteiger partial charge in [-0.15, -0.1) is 0 Å². The van der Waals surface area contributed by atoms with E-state index in [-0.39, 0.29) is 0 Å². The van der Waals surface area contributed by atoms with E-state index in [1.165, 1.54) is 0 Å². The van der Waals surface area contributed by atoms with Crippen LogP contribution >= 0.6 is 143 Å². The van der Waals surface area contributed by atoms with Crippen LogP contribution in [0.1, 0.15) is 0 Å². The van der Waals surface area contributed by atoms with Crippen molar-refractivity contribution in [3.8, 4) is 11.5 Å². The zero-order valence-electron chi connectivity index (χ0n) is 11.7. The van der Waals surface area contributed by atoms with Crippen molar-refractivity contribution in [1.82, 2.24) is 0 Å². The molecule has 0 saturated heterocycles. The Morgan fingerprint density at radius 1 is 0.520 bits per heavy atom. The Morgan fingerprint density at radius 3 is 1.52 bits per heavy atom. The Labute approximate surface area is 220 Å². The molecule has 11 heteroatoms. The van der Waals surface area contributed by atoms with E-state index in [4.69, 9.17) is 9.47 Å². The first kappa shape index (κ1) is 23.6. The van der Waals surface area contributed by atoms with E-state index in [1.807, 2.05) is 6.07 Å². The molecular formula is C14H5Br9O2. The minimum Gasteiger partial charge on any atom is -0.489 e. The summed E-state index contributed by atoms with van der Waals surface area (Å²) in [6, 6.07) is 1.89. The molecule has 136 valence electrons. The van der Waals surface area contributed by atoms with Crippen LogP contribution in [0.4, 0.5) is 0 Å². The fourth-order valence-electron chi connectivity index (χ4n) is 1.66. The van der Waals surface area contributed by atoms with Crippen LogP contribution in [0, 0.1) is 0 Å². The van der Waals surface area contributed by atoms with Crippen LogP contribution < -0.4 is 9.47 Å². The molecule has 0 heterocycles. The number of hydrogen-bond donors (Lipinski definition) is 0. The van der Waals surface area contributed by atoms with Crippen LogP contribution in [0.15, 0.2) is 46.3 Å². The first-order chi connectivity index (χ1) is 11.7. The summed E-state index contributed by atoms with van der Waals surface area (Å²) in [5, 5.41) is 0. The molecule has 0 saturated carbocycles. The zero-order chi connectivity index (χ0) is 18.9. The topological polar surface area (TPSA) is 18.5 Å². The molecule has 0 aliphatic heterocycles. The van der Waals surface area contributed by atoms with E-state index in [9.17, 15) is 0 Å². The predicted molar refractivity (Wildman–Crippen MR) is 133 cm³/mol. The van der Waals surface area contributed by atoms with Gasteiger partial charge >= 0.3 is 0 Å². The maximum atomic E-state index is 5.88. The lowest BCUT2D eigenvalue weighted by atomic mass is 10.3. The highest BCUT2D eigenvalue weighted by molar-refractivity contribution is 9.16. The van der Waals surface area contributed by atoms with E-state index >= 15 is 0 Å². The van der Waals surface area contributed by atoms with Gasteiger partial charge in [0.1, 0.15) is 24.7 Å². The first-order valence-electron chi connectivity index (χ1n) is 6.26. The molecule has 0 aliphatic carbocycles. The third-order valence-electron chi connectivity index (χ3n) is 2.83. The summed E-state index contributed by atoms with van der Waals surface area (Å²) in [7, 11) is 0. The molecule has 0 N–H and O–H groups in total. The van der Waals surface area contributed by atoms with Crippen LogP contribution in [0.5, 0.6) is 11.5 Å². The highest BCUT2D eigenvalue weighted by Gasteiger charge is 2.19. The van der Waals surface area contributed by atoms with Gasteiger partial charge in [-0.05, 0) is 149 Å². The Hall–Kier alpha value is 2.36. The quantitative estimate of drug-likeness (QED) is 0.169. The van der Waals surface area contributed by atoms with Crippen molar-refractivity contribution >= 4 is 143 Å². The van der Waals surface area contributed by atoms with Gasteiger partial charge in [-0.25, -0.2) is 0 Å². The summed E-state index contributed by atoms with van der Waals surface area (Å²) in [4.78, 5) is 0. The Kier molecular flexibility index (Phi) is 9.84. The molecule has 25 heavy (non-hydrogen) atoms. The summed E-state index contributed by atoms with van der Waals surface area (Å²) in [6.07, 6.45) is 0. The standard InChI is InChI=1S/C14H5Br9O2/c15-4-3-5(7(17)8(18)6(4)16)24-1-2-25-14-12(22)10(20)9(19)11(21)13(14)23/h3H,1-2H2. The van der Waals surface area contributed by atoms with Gasteiger partial charge in [0.15, 0.2) is 0 Å². The minimum atomic E-state index is 0.370. The van der Waals surface area contributed by atoms with Gasteiger partial charge in [0.05, 0.1) is 26.8 Å². The minimum absolute atomic E-state index is 0.370. The molecule has 0 radical (unpaired) electrons. The average molecular weight is 924 g/mol. The van der Waals surface area contributed by atoms with E-state index in [2.05, 4.69) is 143 Å². The SMILES string of the molecule is Brc1cc(OCCOc2c(Br)c(Br)c(Br)c(Br)c2Br)c(Br)c(Br)c1Br. The molecule has 2 aromatic rings. The van der Waals surface area contributed by atoms with Gasteiger partial charge in [-0.2, -0.15) is 0 Å². The van der Waals surface area contributed by atoms with Gasteiger partial charge in [0, 0.05) is 13.4 Å². The van der Waals surface area contributed by atoms with Crippen LogP contribution in [-0.2, 0) is 0 Å². The zero-order valence-corrected chi connectivity index (χ0v) is 26.0. The molecule has 0 unspecified atom stereocenters. The largest absolute Gasteiger partial charge is 0.489 e. The van der Waals surface area contributed by atoms with Crippen LogP contribution in [0.3, 0.4) is 0 Å². The second-order valence-electron chi connectivity index (χ2n) is 4.39. The maximum Gasteiger partial charge on any atom is 0.150 e. The normalized spacial score (nSPS) is 10.9. The third kappa shape index (κ3) is 5.49. The smallest absolute Gasteiger partial charge is 0.150 e. The molecule has 0 amide bonds. The lowest BCUT2D eigenvalue weighted by molar-refractivity contribution is 0.214. The van der Waals surface area contributed by atoms with Crippen molar-refractivity contribution in [3.63, 3.8) is 0 Å². The van der Waals surface area contributed by atoms with Crippen molar-refractivity contribution in [2.45, 2.75) is 0 Å². The van der Waals surface area contributed by atoms with E-state index in [1.54, 1.807) is 0 Å². The second kappa shape index (κ2) is 10.4. The molecule has 0 aliphatic rings. The average Bonchev–Trinajstić information content (AvgIpc) is 2.59. The molecule has 2 nitrogen and oxygen atoms in total. The molecule has 2 rings (SSSR count). The first-order valence-corrected chi connectivity index (χ1v) is 13.4. The summed E-state index contributed by atoms with van der Waals surface area (Å²) >= 11 is 31.6. The van der Waals surface area contributed by atoms with Crippen molar-refractivity contribution in [2.75, 3.05) is 13.2 Å². The van der Waals surface area contributed by atoms with Crippen LogP contribution in [0.25, 0.3) is 0 Å². The van der Waals surface area contributed by atoms with E-state index in [0.29, 0.717) is 24.7 Å². The lowest BCUT2D eigenvalue weighted by Gasteiger charge is -2.16. The van der Waals surface area contributed by atoms with Gasteiger partial charge in [-0.1, -0.05) is 0 Å². The maximum absolute atomic E-state index is 5.88. The Bertz CT molecular complexity index is 794. The number of ether oxygens (including phenoxy) is 2. The third-order valence-corrected chi connectivity index (χ3v) is 13.5. The van der Waals surface area contributed by atoms with Crippen LogP contribution in [0.2, 0.25) is 0 Å². The van der Waals surface area contributed by atoms with Crippen LogP contribution in [-0.4, -0.2) is 13.2 Å². The molecule has 0 atom stereocenters. The monoisotopic (exact) mass is 915 g/mol. The number of benzene rings is 2. The summed E-state index contributed by atoms with van der Waals surface area (Å²) in [6.45, 7) is 0.749. The predicted octanol–water partition coefficient (Wildman–Crippen LogP) is 10.0. The fraction of sp³-hybridized carbons (Fsp3) is 0.143. The molecule has 0 spiro atoms. The summed E-state index contributed by atoms with van der Waals surface area (Å²) < 4.78 is 19.5. The van der Waals surface area contributed by atoms with Gasteiger partial charge in [0.25, 0.3) is 0 Å². The number of rotatable bonds is 5. The summed E-state index contributed by atoms with van der Waals surface area (Å²) in [5.41, 5.74) is 0. The van der Waals surface area contributed by atoms with Gasteiger partial charge in [-0.3, -0.25) is 0 Å². The van der Waals surface area contributed by atoms with Crippen molar-refractivity contribution in [2.24, 2.45) is 0 Å². The van der Waals surface area contributed by atoms with Crippen molar-refractivity contribution < 1.29 is 9.47 Å². The lowest BCUT2D eigenvalue weighted by Crippen LogP contribution is -2.10. The number of halogens is 9. The van der Waals surface area contributed by atoms with Gasteiger partial charge < -0.3 is 9.47 Å². The Balaban J connectivity index is 2.09. The highest BCUT2D eigenvalue weighted by Crippen LogP contribution is 2.48. The molecule has 0 aromatic heterocycles. The molecular weight excluding hydrogens is 919 g/mol. The second-order valence-corrected chi connectivity index (χ2v) is 11.6. The number of hydrogen-bond acceptors (Lipinski definition) is 2. The van der Waals surface area contributed by atoms with Gasteiger partial charge in [0.2, 0.25) is 0 Å². The van der Waals surface area contributed by atoms with Crippen molar-refractivity contribution in [1.29, 1.82) is 0 Å².